The van der Waals surface area contributed by atoms with Crippen LogP contribution in [0.4, 0.5) is 0 Å². The van der Waals surface area contributed by atoms with Crippen LogP contribution in [-0.2, 0) is 0 Å². The molecule has 0 aliphatic heterocycles. The maximum absolute atomic E-state index is 12.0. The van der Waals surface area contributed by atoms with Crippen LogP contribution in [0.3, 0.4) is 0 Å². The van der Waals surface area contributed by atoms with Crippen molar-refractivity contribution in [3.05, 3.63) is 21.9 Å². The second-order valence-electron chi connectivity index (χ2n) is 5.46. The van der Waals surface area contributed by atoms with Gasteiger partial charge in [-0.25, -0.2) is 0 Å². The van der Waals surface area contributed by atoms with E-state index in [9.17, 15) is 4.79 Å². The van der Waals surface area contributed by atoms with Crippen LogP contribution < -0.4 is 5.32 Å². The predicted octanol–water partition coefficient (Wildman–Crippen LogP) is 2.65. The minimum absolute atomic E-state index is 0.00864. The van der Waals surface area contributed by atoms with E-state index in [4.69, 9.17) is 5.11 Å². The average molecular weight is 291 g/mol. The first-order valence-electron chi connectivity index (χ1n) is 7.16. The van der Waals surface area contributed by atoms with Gasteiger partial charge in [0.15, 0.2) is 0 Å². The monoisotopic (exact) mass is 291 g/mol. The lowest BCUT2D eigenvalue weighted by Crippen LogP contribution is -2.30. The number of carbonyl (C=O) groups excluding carboxylic acids is 1. The van der Waals surface area contributed by atoms with E-state index in [-0.39, 0.29) is 12.5 Å². The Labute approximate surface area is 124 Å². The van der Waals surface area contributed by atoms with E-state index in [0.717, 1.165) is 17.3 Å². The van der Waals surface area contributed by atoms with Crippen molar-refractivity contribution in [1.29, 1.82) is 0 Å². The van der Waals surface area contributed by atoms with Crippen molar-refractivity contribution in [3.63, 3.8) is 0 Å². The Kier molecular flexibility index (Phi) is 5.63. The SMILES string of the molecule is CC1CCC(CNC(=O)c2ccc(C#CCO)s2)CC1. The van der Waals surface area contributed by atoms with E-state index >= 15 is 0 Å². The molecule has 0 spiro atoms. The molecule has 1 saturated carbocycles. The first-order valence-corrected chi connectivity index (χ1v) is 7.98. The summed E-state index contributed by atoms with van der Waals surface area (Å²) < 4.78 is 0. The van der Waals surface area contributed by atoms with Crippen molar-refractivity contribution in [1.82, 2.24) is 5.32 Å². The zero-order chi connectivity index (χ0) is 14.4. The molecule has 20 heavy (non-hydrogen) atoms. The highest BCUT2D eigenvalue weighted by molar-refractivity contribution is 7.14. The van der Waals surface area contributed by atoms with Crippen molar-refractivity contribution in [2.24, 2.45) is 11.8 Å². The lowest BCUT2D eigenvalue weighted by atomic mass is 9.83. The molecule has 1 aromatic rings. The molecular weight excluding hydrogens is 270 g/mol. The number of aliphatic hydroxyl groups excluding tert-OH is 1. The number of carbonyl (C=O) groups is 1. The van der Waals surface area contributed by atoms with Crippen LogP contribution in [0, 0.1) is 23.7 Å². The van der Waals surface area contributed by atoms with Gasteiger partial charge in [0, 0.05) is 6.54 Å². The summed E-state index contributed by atoms with van der Waals surface area (Å²) in [7, 11) is 0. The van der Waals surface area contributed by atoms with Crippen LogP contribution in [0.25, 0.3) is 0 Å². The summed E-state index contributed by atoms with van der Waals surface area (Å²) in [5, 5.41) is 11.7. The van der Waals surface area contributed by atoms with Gasteiger partial charge in [0.1, 0.15) is 6.61 Å². The molecule has 0 radical (unpaired) electrons. The maximum Gasteiger partial charge on any atom is 0.261 e. The molecule has 2 N–H and O–H groups in total. The van der Waals surface area contributed by atoms with Gasteiger partial charge in [0.05, 0.1) is 9.75 Å². The number of thiophene rings is 1. The summed E-state index contributed by atoms with van der Waals surface area (Å²) >= 11 is 1.37. The topological polar surface area (TPSA) is 49.3 Å². The molecule has 1 amide bonds. The molecule has 1 fully saturated rings. The minimum Gasteiger partial charge on any atom is -0.384 e. The Morgan fingerprint density at radius 1 is 1.40 bits per heavy atom. The number of amides is 1. The molecule has 0 unspecified atom stereocenters. The fourth-order valence-corrected chi connectivity index (χ4v) is 3.31. The Morgan fingerprint density at radius 3 is 2.85 bits per heavy atom. The van der Waals surface area contributed by atoms with Gasteiger partial charge in [-0.05, 0) is 36.8 Å². The van der Waals surface area contributed by atoms with E-state index in [0.29, 0.717) is 10.8 Å². The van der Waals surface area contributed by atoms with Gasteiger partial charge in [0.2, 0.25) is 0 Å². The Bertz CT molecular complexity index is 504. The standard InChI is InChI=1S/C16H21NO2S/c1-12-4-6-13(7-5-12)11-17-16(19)15-9-8-14(20-15)3-2-10-18/h8-9,12-13,18H,4-7,10-11H2,1H3,(H,17,19). The number of nitrogens with one attached hydrogen (secondary N) is 1. The lowest BCUT2D eigenvalue weighted by Gasteiger charge is -2.26. The van der Waals surface area contributed by atoms with E-state index in [2.05, 4.69) is 24.1 Å². The van der Waals surface area contributed by atoms with Crippen LogP contribution in [0.2, 0.25) is 0 Å². The van der Waals surface area contributed by atoms with Crippen LogP contribution in [0.1, 0.15) is 47.2 Å². The van der Waals surface area contributed by atoms with Crippen molar-refractivity contribution < 1.29 is 9.90 Å². The van der Waals surface area contributed by atoms with Gasteiger partial charge in [-0.1, -0.05) is 31.6 Å². The van der Waals surface area contributed by atoms with E-state index in [1.54, 1.807) is 6.07 Å². The molecule has 2 rings (SSSR count). The number of hydrogen-bond acceptors (Lipinski definition) is 3. The van der Waals surface area contributed by atoms with Crippen LogP contribution in [-0.4, -0.2) is 24.2 Å². The van der Waals surface area contributed by atoms with E-state index in [1.807, 2.05) is 6.07 Å². The minimum atomic E-state index is -0.153. The number of rotatable bonds is 3. The normalized spacial score (nSPS) is 21.9. The van der Waals surface area contributed by atoms with Crippen molar-refractivity contribution >= 4 is 17.2 Å². The third-order valence-corrected chi connectivity index (χ3v) is 4.81. The summed E-state index contributed by atoms with van der Waals surface area (Å²) in [5.41, 5.74) is 0. The molecule has 108 valence electrons. The number of hydrogen-bond donors (Lipinski definition) is 2. The molecule has 0 bridgehead atoms. The second kappa shape index (κ2) is 7.47. The molecule has 3 nitrogen and oxygen atoms in total. The van der Waals surface area contributed by atoms with Gasteiger partial charge in [-0.2, -0.15) is 0 Å². The van der Waals surface area contributed by atoms with Gasteiger partial charge in [-0.3, -0.25) is 4.79 Å². The highest BCUT2D eigenvalue weighted by Gasteiger charge is 2.19. The van der Waals surface area contributed by atoms with E-state index in [1.165, 1.54) is 37.0 Å². The lowest BCUT2D eigenvalue weighted by molar-refractivity contribution is 0.0946. The van der Waals surface area contributed by atoms with E-state index < -0.39 is 0 Å². The molecule has 4 heteroatoms. The fraction of sp³-hybridized carbons (Fsp3) is 0.562. The van der Waals surface area contributed by atoms with Crippen LogP contribution in [0.15, 0.2) is 12.1 Å². The highest BCUT2D eigenvalue weighted by Crippen LogP contribution is 2.27. The van der Waals surface area contributed by atoms with Crippen molar-refractivity contribution in [3.8, 4) is 11.8 Å². The van der Waals surface area contributed by atoms with Gasteiger partial charge in [-0.15, -0.1) is 11.3 Å². The predicted molar refractivity (Wildman–Crippen MR) is 81.7 cm³/mol. The molecule has 0 atom stereocenters. The van der Waals surface area contributed by atoms with Crippen LogP contribution >= 0.6 is 11.3 Å². The van der Waals surface area contributed by atoms with Crippen molar-refractivity contribution in [2.45, 2.75) is 32.6 Å². The first-order chi connectivity index (χ1) is 9.69. The second-order valence-corrected chi connectivity index (χ2v) is 6.54. The Balaban J connectivity index is 1.81. The average Bonchev–Trinajstić information content (AvgIpc) is 2.93. The molecule has 1 aromatic heterocycles. The molecule has 0 aromatic carbocycles. The Hall–Kier alpha value is -1.31. The van der Waals surface area contributed by atoms with Gasteiger partial charge < -0.3 is 10.4 Å². The molecular formula is C16H21NO2S. The smallest absolute Gasteiger partial charge is 0.261 e. The fourth-order valence-electron chi connectivity index (χ4n) is 2.51. The quantitative estimate of drug-likeness (QED) is 0.841. The molecule has 1 aliphatic carbocycles. The highest BCUT2D eigenvalue weighted by atomic mass is 32.1. The third kappa shape index (κ3) is 4.36. The summed E-state index contributed by atoms with van der Waals surface area (Å²) in [6.07, 6.45) is 5.00. The number of aliphatic hydroxyl groups is 1. The molecule has 0 saturated heterocycles. The third-order valence-electron chi connectivity index (χ3n) is 3.81. The maximum atomic E-state index is 12.0. The Morgan fingerprint density at radius 2 is 2.15 bits per heavy atom. The largest absolute Gasteiger partial charge is 0.384 e. The molecule has 1 aliphatic rings. The van der Waals surface area contributed by atoms with Crippen molar-refractivity contribution in [2.75, 3.05) is 13.2 Å². The van der Waals surface area contributed by atoms with Crippen LogP contribution in [0.5, 0.6) is 0 Å². The zero-order valence-electron chi connectivity index (χ0n) is 11.8. The summed E-state index contributed by atoms with van der Waals surface area (Å²) in [4.78, 5) is 13.5. The summed E-state index contributed by atoms with van der Waals surface area (Å²) in [6.45, 7) is 2.93. The first kappa shape index (κ1) is 15.1. The summed E-state index contributed by atoms with van der Waals surface area (Å²) in [5.74, 6) is 6.87. The molecule has 1 heterocycles. The van der Waals surface area contributed by atoms with Gasteiger partial charge >= 0.3 is 0 Å². The summed E-state index contributed by atoms with van der Waals surface area (Å²) in [6, 6.07) is 3.62. The zero-order valence-corrected chi connectivity index (χ0v) is 12.6. The van der Waals surface area contributed by atoms with Gasteiger partial charge in [0.25, 0.3) is 5.91 Å².